The van der Waals surface area contributed by atoms with Crippen LogP contribution in [0.25, 0.3) is 0 Å². The van der Waals surface area contributed by atoms with E-state index in [4.69, 9.17) is 11.6 Å². The van der Waals surface area contributed by atoms with Gasteiger partial charge in [-0.2, -0.15) is 5.10 Å². The van der Waals surface area contributed by atoms with Crippen LogP contribution in [0.5, 0.6) is 0 Å². The SMILES string of the molecule is CCCn1ncc(NCC2(C(C)C)CC2)c(Cl)c1=O. The summed E-state index contributed by atoms with van der Waals surface area (Å²) in [6.45, 7) is 7.97. The zero-order valence-corrected chi connectivity index (χ0v) is 12.6. The predicted octanol–water partition coefficient (Wildman–Crippen LogP) is 3.15. The molecule has 0 spiro atoms. The van der Waals surface area contributed by atoms with Gasteiger partial charge in [-0.3, -0.25) is 4.79 Å². The first-order chi connectivity index (χ1) is 9.00. The van der Waals surface area contributed by atoms with Gasteiger partial charge in [0.1, 0.15) is 5.02 Å². The Bertz CT molecular complexity index is 506. The van der Waals surface area contributed by atoms with Gasteiger partial charge in [-0.05, 0) is 30.6 Å². The predicted molar refractivity (Wildman–Crippen MR) is 78.8 cm³/mol. The van der Waals surface area contributed by atoms with E-state index in [1.807, 2.05) is 6.92 Å². The molecule has 1 aliphatic rings. The Hall–Kier alpha value is -1.03. The van der Waals surface area contributed by atoms with Crippen LogP contribution in [0.2, 0.25) is 5.02 Å². The van der Waals surface area contributed by atoms with E-state index in [-0.39, 0.29) is 10.6 Å². The minimum atomic E-state index is -0.206. The number of hydrogen-bond acceptors (Lipinski definition) is 3. The van der Waals surface area contributed by atoms with Crippen molar-refractivity contribution in [2.24, 2.45) is 11.3 Å². The largest absolute Gasteiger partial charge is 0.382 e. The van der Waals surface area contributed by atoms with Crippen molar-refractivity contribution in [3.05, 3.63) is 21.6 Å². The maximum Gasteiger partial charge on any atom is 0.287 e. The molecule has 19 heavy (non-hydrogen) atoms. The fourth-order valence-electron chi connectivity index (χ4n) is 2.35. The Labute approximate surface area is 119 Å². The van der Waals surface area contributed by atoms with Crippen LogP contribution < -0.4 is 10.9 Å². The van der Waals surface area contributed by atoms with Crippen LogP contribution in [-0.2, 0) is 6.54 Å². The third kappa shape index (κ3) is 2.94. The summed E-state index contributed by atoms with van der Waals surface area (Å²) in [5, 5.41) is 7.70. The summed E-state index contributed by atoms with van der Waals surface area (Å²) in [6, 6.07) is 0. The number of nitrogens with zero attached hydrogens (tertiary/aromatic N) is 2. The molecule has 0 saturated heterocycles. The Morgan fingerprint density at radius 3 is 2.74 bits per heavy atom. The van der Waals surface area contributed by atoms with E-state index >= 15 is 0 Å². The molecule has 1 saturated carbocycles. The van der Waals surface area contributed by atoms with Gasteiger partial charge in [0.2, 0.25) is 0 Å². The monoisotopic (exact) mass is 283 g/mol. The summed E-state index contributed by atoms with van der Waals surface area (Å²) in [5.41, 5.74) is 0.829. The Balaban J connectivity index is 2.10. The molecule has 1 aromatic heterocycles. The molecule has 0 aliphatic heterocycles. The van der Waals surface area contributed by atoms with E-state index in [1.165, 1.54) is 17.5 Å². The lowest BCUT2D eigenvalue weighted by Gasteiger charge is -2.21. The van der Waals surface area contributed by atoms with E-state index in [1.54, 1.807) is 6.20 Å². The molecule has 4 nitrogen and oxygen atoms in total. The topological polar surface area (TPSA) is 46.9 Å². The van der Waals surface area contributed by atoms with Crippen LogP contribution >= 0.6 is 11.6 Å². The average molecular weight is 284 g/mol. The standard InChI is InChI=1S/C14H22ClN3O/c1-4-7-18-13(19)12(15)11(8-17-18)16-9-14(5-6-14)10(2)3/h8,10,16H,4-7,9H2,1-3H3. The lowest BCUT2D eigenvalue weighted by Crippen LogP contribution is -2.26. The van der Waals surface area contributed by atoms with Crippen LogP contribution in [0.3, 0.4) is 0 Å². The van der Waals surface area contributed by atoms with E-state index in [2.05, 4.69) is 24.3 Å². The zero-order valence-electron chi connectivity index (χ0n) is 11.9. The molecule has 0 amide bonds. The van der Waals surface area contributed by atoms with Gasteiger partial charge in [-0.1, -0.05) is 32.4 Å². The molecule has 1 N–H and O–H groups in total. The van der Waals surface area contributed by atoms with Crippen molar-refractivity contribution in [1.82, 2.24) is 9.78 Å². The summed E-state index contributed by atoms with van der Waals surface area (Å²) in [4.78, 5) is 12.0. The van der Waals surface area contributed by atoms with Gasteiger partial charge >= 0.3 is 0 Å². The molecule has 0 atom stereocenters. The minimum absolute atomic E-state index is 0.206. The number of halogens is 1. The van der Waals surface area contributed by atoms with Crippen LogP contribution in [0.15, 0.2) is 11.0 Å². The molecule has 0 radical (unpaired) electrons. The molecule has 1 heterocycles. The maximum atomic E-state index is 12.0. The molecule has 2 rings (SSSR count). The van der Waals surface area contributed by atoms with Gasteiger partial charge in [0.05, 0.1) is 11.9 Å². The third-order valence-electron chi connectivity index (χ3n) is 4.17. The zero-order chi connectivity index (χ0) is 14.0. The van der Waals surface area contributed by atoms with Crippen LogP contribution in [0, 0.1) is 11.3 Å². The molecule has 5 heteroatoms. The van der Waals surface area contributed by atoms with Crippen LogP contribution in [0.1, 0.15) is 40.0 Å². The summed E-state index contributed by atoms with van der Waals surface area (Å²) in [6.07, 6.45) is 5.02. The van der Waals surface area contributed by atoms with Crippen molar-refractivity contribution in [3.63, 3.8) is 0 Å². The fourth-order valence-corrected chi connectivity index (χ4v) is 2.56. The molecule has 0 unspecified atom stereocenters. The quantitative estimate of drug-likeness (QED) is 0.872. The molecular weight excluding hydrogens is 262 g/mol. The second-order valence-corrected chi connectivity index (χ2v) is 6.15. The number of aromatic nitrogens is 2. The molecule has 1 aliphatic carbocycles. The number of rotatable bonds is 6. The Kier molecular flexibility index (Phi) is 4.19. The second kappa shape index (κ2) is 5.53. The van der Waals surface area contributed by atoms with Crippen molar-refractivity contribution >= 4 is 17.3 Å². The summed E-state index contributed by atoms with van der Waals surface area (Å²) >= 11 is 6.13. The van der Waals surface area contributed by atoms with E-state index < -0.39 is 0 Å². The Morgan fingerprint density at radius 2 is 2.21 bits per heavy atom. The summed E-state index contributed by atoms with van der Waals surface area (Å²) < 4.78 is 1.42. The molecule has 1 aromatic rings. The highest BCUT2D eigenvalue weighted by Crippen LogP contribution is 2.51. The number of nitrogens with one attached hydrogen (secondary N) is 1. The van der Waals surface area contributed by atoms with E-state index in [0.717, 1.165) is 13.0 Å². The first-order valence-electron chi connectivity index (χ1n) is 6.99. The first-order valence-corrected chi connectivity index (χ1v) is 7.37. The van der Waals surface area contributed by atoms with Crippen molar-refractivity contribution in [3.8, 4) is 0 Å². The highest BCUT2D eigenvalue weighted by Gasteiger charge is 2.45. The molecular formula is C14H22ClN3O. The normalized spacial score (nSPS) is 16.7. The first kappa shape index (κ1) is 14.4. The van der Waals surface area contributed by atoms with Gasteiger partial charge in [0.25, 0.3) is 5.56 Å². The van der Waals surface area contributed by atoms with Crippen LogP contribution in [0.4, 0.5) is 5.69 Å². The number of aryl methyl sites for hydroxylation is 1. The molecule has 1 fully saturated rings. The van der Waals surface area contributed by atoms with Gasteiger partial charge in [-0.25, -0.2) is 4.68 Å². The fraction of sp³-hybridized carbons (Fsp3) is 0.714. The number of anilines is 1. The van der Waals surface area contributed by atoms with Gasteiger partial charge in [0, 0.05) is 13.1 Å². The van der Waals surface area contributed by atoms with E-state index in [9.17, 15) is 4.79 Å². The van der Waals surface area contributed by atoms with Gasteiger partial charge in [-0.15, -0.1) is 0 Å². The minimum Gasteiger partial charge on any atom is -0.382 e. The third-order valence-corrected chi connectivity index (χ3v) is 4.53. The summed E-state index contributed by atoms with van der Waals surface area (Å²) in [5.74, 6) is 0.646. The lowest BCUT2D eigenvalue weighted by molar-refractivity contribution is 0.380. The van der Waals surface area contributed by atoms with Crippen LogP contribution in [-0.4, -0.2) is 16.3 Å². The van der Waals surface area contributed by atoms with Gasteiger partial charge in [0.15, 0.2) is 0 Å². The van der Waals surface area contributed by atoms with Gasteiger partial charge < -0.3 is 5.32 Å². The van der Waals surface area contributed by atoms with Crippen molar-refractivity contribution < 1.29 is 0 Å². The van der Waals surface area contributed by atoms with Crippen molar-refractivity contribution in [2.45, 2.75) is 46.6 Å². The number of hydrogen-bond donors (Lipinski definition) is 1. The molecule has 106 valence electrons. The van der Waals surface area contributed by atoms with Crippen molar-refractivity contribution in [1.29, 1.82) is 0 Å². The smallest absolute Gasteiger partial charge is 0.287 e. The second-order valence-electron chi connectivity index (χ2n) is 5.77. The Morgan fingerprint density at radius 1 is 1.53 bits per heavy atom. The summed E-state index contributed by atoms with van der Waals surface area (Å²) in [7, 11) is 0. The van der Waals surface area contributed by atoms with E-state index in [0.29, 0.717) is 23.6 Å². The highest BCUT2D eigenvalue weighted by atomic mass is 35.5. The molecule has 0 bridgehead atoms. The van der Waals surface area contributed by atoms with Crippen molar-refractivity contribution in [2.75, 3.05) is 11.9 Å². The average Bonchev–Trinajstić information content (AvgIpc) is 3.15. The lowest BCUT2D eigenvalue weighted by atomic mass is 9.92. The maximum absolute atomic E-state index is 12.0. The molecule has 0 aromatic carbocycles. The highest BCUT2D eigenvalue weighted by molar-refractivity contribution is 6.32.